The predicted octanol–water partition coefficient (Wildman–Crippen LogP) is 6.30. The molecular formula is C22H41NO. The number of hydrogen-bond donors (Lipinski definition) is 0. The van der Waals surface area contributed by atoms with E-state index in [9.17, 15) is 4.79 Å². The Hall–Kier alpha value is -0.630. The summed E-state index contributed by atoms with van der Waals surface area (Å²) in [7, 11) is 0. The molecule has 0 bridgehead atoms. The van der Waals surface area contributed by atoms with Gasteiger partial charge >= 0.3 is 0 Å². The molecule has 0 aliphatic carbocycles. The molecule has 0 aromatic heterocycles. The first kappa shape index (κ1) is 21.4. The maximum atomic E-state index is 11.9. The number of carbonyl (C=O) groups excluding carboxylic acids is 1. The zero-order valence-electron chi connectivity index (χ0n) is 16.2. The second-order valence-corrected chi connectivity index (χ2v) is 7.46. The third-order valence-electron chi connectivity index (χ3n) is 5.10. The van der Waals surface area contributed by atoms with Gasteiger partial charge in [-0.1, -0.05) is 51.2 Å². The first-order valence-electron chi connectivity index (χ1n) is 10.7. The molecule has 2 nitrogen and oxygen atoms in total. The number of ketones is 1. The molecule has 1 aliphatic heterocycles. The number of hydrogen-bond acceptors (Lipinski definition) is 2. The van der Waals surface area contributed by atoms with Crippen molar-refractivity contribution >= 4 is 5.78 Å². The molecule has 2 heteroatoms. The number of rotatable bonds is 16. The average molecular weight is 336 g/mol. The van der Waals surface area contributed by atoms with Crippen LogP contribution in [0.5, 0.6) is 0 Å². The third-order valence-corrected chi connectivity index (χ3v) is 5.10. The summed E-state index contributed by atoms with van der Waals surface area (Å²) in [5.41, 5.74) is 0. The molecule has 0 spiro atoms. The Morgan fingerprint density at radius 1 is 0.792 bits per heavy atom. The van der Waals surface area contributed by atoms with Crippen molar-refractivity contribution in [2.24, 2.45) is 0 Å². The maximum Gasteiger partial charge on any atom is 0.132 e. The van der Waals surface area contributed by atoms with Crippen LogP contribution in [0.25, 0.3) is 0 Å². The van der Waals surface area contributed by atoms with Crippen LogP contribution in [0, 0.1) is 0 Å². The van der Waals surface area contributed by atoms with Gasteiger partial charge in [-0.25, -0.2) is 0 Å². The SMILES string of the molecule is CCCCCCCC/C=C\CCCC(=O)CCCCN1CCCC1. The van der Waals surface area contributed by atoms with Crippen LogP contribution in [0.15, 0.2) is 12.2 Å². The summed E-state index contributed by atoms with van der Waals surface area (Å²) in [5.74, 6) is 0.473. The van der Waals surface area contributed by atoms with Gasteiger partial charge in [-0.2, -0.15) is 0 Å². The van der Waals surface area contributed by atoms with Crippen LogP contribution in [-0.4, -0.2) is 30.3 Å². The van der Waals surface area contributed by atoms with Crippen LogP contribution in [0.4, 0.5) is 0 Å². The van der Waals surface area contributed by atoms with Crippen molar-refractivity contribution in [2.75, 3.05) is 19.6 Å². The summed E-state index contributed by atoms with van der Waals surface area (Å²) in [6, 6.07) is 0. The summed E-state index contributed by atoms with van der Waals surface area (Å²) in [6.45, 7) is 6.02. The van der Waals surface area contributed by atoms with Gasteiger partial charge in [-0.05, 0) is 71.0 Å². The summed E-state index contributed by atoms with van der Waals surface area (Å²) in [6.07, 6.45) is 22.8. The van der Waals surface area contributed by atoms with E-state index in [0.29, 0.717) is 5.78 Å². The average Bonchev–Trinajstić information content (AvgIpc) is 3.10. The topological polar surface area (TPSA) is 20.3 Å². The number of Topliss-reactive ketones (excluding diaryl/α,β-unsaturated/α-hetero) is 1. The largest absolute Gasteiger partial charge is 0.303 e. The Bertz CT molecular complexity index is 318. The van der Waals surface area contributed by atoms with E-state index >= 15 is 0 Å². The van der Waals surface area contributed by atoms with Gasteiger partial charge in [0.25, 0.3) is 0 Å². The molecule has 1 heterocycles. The van der Waals surface area contributed by atoms with E-state index in [2.05, 4.69) is 24.0 Å². The van der Waals surface area contributed by atoms with E-state index in [1.165, 1.54) is 83.8 Å². The summed E-state index contributed by atoms with van der Waals surface area (Å²) in [5, 5.41) is 0. The van der Waals surface area contributed by atoms with Gasteiger partial charge < -0.3 is 4.90 Å². The highest BCUT2D eigenvalue weighted by molar-refractivity contribution is 5.78. The molecule has 1 rings (SSSR count). The van der Waals surface area contributed by atoms with Crippen LogP contribution in [0.2, 0.25) is 0 Å². The van der Waals surface area contributed by atoms with Crippen LogP contribution in [0.1, 0.15) is 103 Å². The quantitative estimate of drug-likeness (QED) is 0.244. The number of likely N-dealkylation sites (tertiary alicyclic amines) is 1. The van der Waals surface area contributed by atoms with Crippen LogP contribution in [0.3, 0.4) is 0 Å². The van der Waals surface area contributed by atoms with E-state index in [1.54, 1.807) is 0 Å². The van der Waals surface area contributed by atoms with Gasteiger partial charge in [0.2, 0.25) is 0 Å². The lowest BCUT2D eigenvalue weighted by molar-refractivity contribution is -0.119. The fourth-order valence-corrected chi connectivity index (χ4v) is 3.48. The first-order valence-corrected chi connectivity index (χ1v) is 10.7. The minimum Gasteiger partial charge on any atom is -0.303 e. The molecule has 0 aromatic rings. The van der Waals surface area contributed by atoms with E-state index in [0.717, 1.165) is 32.1 Å². The van der Waals surface area contributed by atoms with Crippen molar-refractivity contribution in [2.45, 2.75) is 103 Å². The molecule has 0 atom stereocenters. The first-order chi connectivity index (χ1) is 11.8. The molecule has 1 saturated heterocycles. The fraction of sp³-hybridized carbons (Fsp3) is 0.864. The summed E-state index contributed by atoms with van der Waals surface area (Å²) < 4.78 is 0. The molecule has 0 saturated carbocycles. The van der Waals surface area contributed by atoms with Crippen molar-refractivity contribution in [3.05, 3.63) is 12.2 Å². The lowest BCUT2D eigenvalue weighted by atomic mass is 10.1. The third kappa shape index (κ3) is 12.8. The standard InChI is InChI=1S/C22H41NO/c1-2-3-4-5-6-7-8-9-10-11-12-17-22(24)18-13-14-19-23-20-15-16-21-23/h9-10H,2-8,11-21H2,1H3/b10-9-. The minimum atomic E-state index is 0.473. The zero-order valence-corrected chi connectivity index (χ0v) is 16.2. The minimum absolute atomic E-state index is 0.473. The Labute approximate surface area is 151 Å². The van der Waals surface area contributed by atoms with E-state index in [1.807, 2.05) is 0 Å². The molecule has 1 fully saturated rings. The normalized spacial score (nSPS) is 15.5. The van der Waals surface area contributed by atoms with E-state index in [4.69, 9.17) is 0 Å². The molecule has 0 N–H and O–H groups in total. The second-order valence-electron chi connectivity index (χ2n) is 7.46. The lowest BCUT2D eigenvalue weighted by Gasteiger charge is -2.13. The monoisotopic (exact) mass is 335 g/mol. The molecule has 0 aromatic carbocycles. The number of carbonyl (C=O) groups is 1. The smallest absolute Gasteiger partial charge is 0.132 e. The zero-order chi connectivity index (χ0) is 17.3. The molecular weight excluding hydrogens is 294 g/mol. The van der Waals surface area contributed by atoms with Gasteiger partial charge in [0, 0.05) is 12.8 Å². The Balaban J connectivity index is 1.80. The second kappa shape index (κ2) is 15.9. The van der Waals surface area contributed by atoms with Gasteiger partial charge in [-0.3, -0.25) is 4.79 Å². The van der Waals surface area contributed by atoms with Gasteiger partial charge in [0.1, 0.15) is 5.78 Å². The summed E-state index contributed by atoms with van der Waals surface area (Å²) in [4.78, 5) is 14.4. The van der Waals surface area contributed by atoms with Crippen LogP contribution >= 0.6 is 0 Å². The molecule has 0 amide bonds. The van der Waals surface area contributed by atoms with Crippen molar-refractivity contribution in [3.8, 4) is 0 Å². The molecule has 1 aliphatic rings. The molecule has 0 radical (unpaired) electrons. The van der Waals surface area contributed by atoms with Crippen LogP contribution < -0.4 is 0 Å². The highest BCUT2D eigenvalue weighted by Crippen LogP contribution is 2.11. The number of unbranched alkanes of at least 4 members (excludes halogenated alkanes) is 8. The Morgan fingerprint density at radius 2 is 1.42 bits per heavy atom. The van der Waals surface area contributed by atoms with Crippen molar-refractivity contribution < 1.29 is 4.79 Å². The van der Waals surface area contributed by atoms with E-state index in [-0.39, 0.29) is 0 Å². The fourth-order valence-electron chi connectivity index (χ4n) is 3.48. The van der Waals surface area contributed by atoms with Crippen molar-refractivity contribution in [1.82, 2.24) is 4.90 Å². The highest BCUT2D eigenvalue weighted by atomic mass is 16.1. The lowest BCUT2D eigenvalue weighted by Crippen LogP contribution is -2.20. The maximum absolute atomic E-state index is 11.9. The van der Waals surface area contributed by atoms with Crippen molar-refractivity contribution in [3.63, 3.8) is 0 Å². The Kier molecular flexibility index (Phi) is 14.2. The Morgan fingerprint density at radius 3 is 2.17 bits per heavy atom. The van der Waals surface area contributed by atoms with Crippen LogP contribution in [-0.2, 0) is 4.79 Å². The molecule has 140 valence electrons. The summed E-state index contributed by atoms with van der Waals surface area (Å²) >= 11 is 0. The van der Waals surface area contributed by atoms with Crippen molar-refractivity contribution in [1.29, 1.82) is 0 Å². The number of allylic oxidation sites excluding steroid dienone is 2. The number of nitrogens with zero attached hydrogens (tertiary/aromatic N) is 1. The van der Waals surface area contributed by atoms with E-state index < -0.39 is 0 Å². The van der Waals surface area contributed by atoms with Gasteiger partial charge in [-0.15, -0.1) is 0 Å². The molecule has 24 heavy (non-hydrogen) atoms. The highest BCUT2D eigenvalue weighted by Gasteiger charge is 2.10. The molecule has 0 unspecified atom stereocenters. The van der Waals surface area contributed by atoms with Gasteiger partial charge in [0.15, 0.2) is 0 Å². The predicted molar refractivity (Wildman–Crippen MR) is 106 cm³/mol. The van der Waals surface area contributed by atoms with Gasteiger partial charge in [0.05, 0.1) is 0 Å².